The SMILES string of the molecule is O=C1Nc2ccc(C(=O)CN3CCSC3)cc2C1=Cc1cc(Br)c(O)c(Br)c1. The molecule has 8 heteroatoms. The topological polar surface area (TPSA) is 69.6 Å². The number of carbonyl (C=O) groups excluding carboxylic acids is 2. The molecule has 0 radical (unpaired) electrons. The second-order valence-corrected chi connectivity index (χ2v) is 9.40. The molecule has 144 valence electrons. The number of phenolic OH excluding ortho intramolecular Hbond substituents is 1. The van der Waals surface area contributed by atoms with Gasteiger partial charge in [-0.1, -0.05) is 0 Å². The summed E-state index contributed by atoms with van der Waals surface area (Å²) in [4.78, 5) is 27.3. The Morgan fingerprint density at radius 1 is 1.25 bits per heavy atom. The molecule has 1 saturated heterocycles. The number of hydrogen-bond donors (Lipinski definition) is 2. The minimum atomic E-state index is -0.212. The average molecular weight is 524 g/mol. The minimum absolute atomic E-state index is 0.0547. The second kappa shape index (κ2) is 8.02. The molecule has 2 aliphatic rings. The summed E-state index contributed by atoms with van der Waals surface area (Å²) in [6.45, 7) is 1.32. The van der Waals surface area contributed by atoms with E-state index in [1.165, 1.54) is 0 Å². The third-order valence-electron chi connectivity index (χ3n) is 4.67. The summed E-state index contributed by atoms with van der Waals surface area (Å²) in [5, 5.41) is 12.7. The first-order chi connectivity index (χ1) is 13.4. The van der Waals surface area contributed by atoms with E-state index in [-0.39, 0.29) is 17.4 Å². The number of thioether (sulfide) groups is 1. The lowest BCUT2D eigenvalue weighted by atomic mass is 10.00. The van der Waals surface area contributed by atoms with Crippen molar-refractivity contribution in [2.24, 2.45) is 0 Å². The summed E-state index contributed by atoms with van der Waals surface area (Å²) in [5.41, 5.74) is 3.26. The Morgan fingerprint density at radius 3 is 2.68 bits per heavy atom. The summed E-state index contributed by atoms with van der Waals surface area (Å²) in [6, 6.07) is 8.80. The van der Waals surface area contributed by atoms with Crippen LogP contribution in [0.1, 0.15) is 21.5 Å². The van der Waals surface area contributed by atoms with Crippen LogP contribution in [0.5, 0.6) is 5.75 Å². The van der Waals surface area contributed by atoms with Crippen LogP contribution in [0.4, 0.5) is 5.69 Å². The Morgan fingerprint density at radius 2 is 2.00 bits per heavy atom. The van der Waals surface area contributed by atoms with Crippen LogP contribution >= 0.6 is 43.6 Å². The minimum Gasteiger partial charge on any atom is -0.506 e. The summed E-state index contributed by atoms with van der Waals surface area (Å²) >= 11 is 8.44. The molecule has 0 saturated carbocycles. The monoisotopic (exact) mass is 522 g/mol. The molecule has 2 N–H and O–H groups in total. The van der Waals surface area contributed by atoms with E-state index in [0.717, 1.165) is 23.7 Å². The first-order valence-electron chi connectivity index (χ1n) is 8.61. The Balaban J connectivity index is 1.67. The van der Waals surface area contributed by atoms with Gasteiger partial charge in [0.25, 0.3) is 5.91 Å². The fourth-order valence-corrected chi connectivity index (χ4v) is 5.43. The number of amides is 1. The first-order valence-corrected chi connectivity index (χ1v) is 11.4. The zero-order valence-electron chi connectivity index (χ0n) is 14.7. The highest BCUT2D eigenvalue weighted by atomic mass is 79.9. The molecular formula is C20H16Br2N2O3S. The summed E-state index contributed by atoms with van der Waals surface area (Å²) in [7, 11) is 0. The van der Waals surface area contributed by atoms with Crippen molar-refractivity contribution in [3.8, 4) is 5.75 Å². The van der Waals surface area contributed by atoms with Crippen molar-refractivity contribution in [1.82, 2.24) is 4.90 Å². The number of halogens is 2. The maximum Gasteiger partial charge on any atom is 0.256 e. The molecule has 28 heavy (non-hydrogen) atoms. The highest BCUT2D eigenvalue weighted by Gasteiger charge is 2.26. The van der Waals surface area contributed by atoms with Crippen molar-refractivity contribution in [1.29, 1.82) is 0 Å². The molecule has 5 nitrogen and oxygen atoms in total. The molecule has 0 atom stereocenters. The molecular weight excluding hydrogens is 508 g/mol. The maximum atomic E-state index is 12.7. The van der Waals surface area contributed by atoms with Gasteiger partial charge in [0.05, 0.1) is 15.5 Å². The van der Waals surface area contributed by atoms with Crippen molar-refractivity contribution in [2.75, 3.05) is 30.0 Å². The molecule has 2 aromatic rings. The number of rotatable bonds is 4. The molecule has 0 unspecified atom stereocenters. The van der Waals surface area contributed by atoms with Crippen LogP contribution < -0.4 is 5.32 Å². The maximum absolute atomic E-state index is 12.7. The lowest BCUT2D eigenvalue weighted by Gasteiger charge is -2.12. The van der Waals surface area contributed by atoms with Crippen LogP contribution in [0, 0.1) is 0 Å². The predicted molar refractivity (Wildman–Crippen MR) is 120 cm³/mol. The van der Waals surface area contributed by atoms with Gasteiger partial charge in [-0.2, -0.15) is 0 Å². The number of nitrogens with one attached hydrogen (secondary N) is 1. The van der Waals surface area contributed by atoms with E-state index < -0.39 is 0 Å². The van der Waals surface area contributed by atoms with Gasteiger partial charge in [0.1, 0.15) is 5.75 Å². The molecule has 0 spiro atoms. The largest absolute Gasteiger partial charge is 0.506 e. The second-order valence-electron chi connectivity index (χ2n) is 6.62. The van der Waals surface area contributed by atoms with Crippen molar-refractivity contribution < 1.29 is 14.7 Å². The summed E-state index contributed by atoms with van der Waals surface area (Å²) in [5.74, 6) is 1.88. The van der Waals surface area contributed by atoms with E-state index in [1.807, 2.05) is 11.8 Å². The number of Topliss-reactive ketones (excluding diaryl/α,β-unsaturated/α-hetero) is 1. The lowest BCUT2D eigenvalue weighted by Crippen LogP contribution is -2.27. The smallest absolute Gasteiger partial charge is 0.256 e. The van der Waals surface area contributed by atoms with Crippen molar-refractivity contribution in [3.05, 3.63) is 56.0 Å². The Hall–Kier alpha value is -1.61. The van der Waals surface area contributed by atoms with E-state index in [9.17, 15) is 14.7 Å². The molecule has 1 fully saturated rings. The normalized spacial score (nSPS) is 17.8. The number of nitrogens with zero attached hydrogens (tertiary/aromatic N) is 1. The molecule has 4 rings (SSSR count). The third-order valence-corrected chi connectivity index (χ3v) is 6.90. The zero-order valence-corrected chi connectivity index (χ0v) is 18.7. The molecule has 0 aromatic heterocycles. The number of fused-ring (bicyclic) bond motifs is 1. The Kier molecular flexibility index (Phi) is 5.64. The number of carbonyl (C=O) groups is 2. The molecule has 0 bridgehead atoms. The van der Waals surface area contributed by atoms with Crippen LogP contribution in [0.3, 0.4) is 0 Å². The van der Waals surface area contributed by atoms with Gasteiger partial charge in [-0.25, -0.2) is 0 Å². The lowest BCUT2D eigenvalue weighted by molar-refractivity contribution is -0.110. The molecule has 2 aliphatic heterocycles. The van der Waals surface area contributed by atoms with E-state index in [1.54, 1.807) is 36.4 Å². The Labute approximate surface area is 183 Å². The molecule has 0 aliphatic carbocycles. The summed E-state index contributed by atoms with van der Waals surface area (Å²) < 4.78 is 1.06. The van der Waals surface area contributed by atoms with Crippen molar-refractivity contribution in [3.63, 3.8) is 0 Å². The van der Waals surface area contributed by atoms with Gasteiger partial charge in [-0.15, -0.1) is 11.8 Å². The van der Waals surface area contributed by atoms with E-state index in [2.05, 4.69) is 42.1 Å². The number of anilines is 1. The first kappa shape index (κ1) is 19.7. The number of aromatic hydroxyl groups is 1. The summed E-state index contributed by atoms with van der Waals surface area (Å²) in [6.07, 6.45) is 1.75. The van der Waals surface area contributed by atoms with Gasteiger partial charge in [0, 0.05) is 40.6 Å². The van der Waals surface area contributed by atoms with Crippen LogP contribution in [0.25, 0.3) is 11.6 Å². The quantitative estimate of drug-likeness (QED) is 0.452. The Bertz CT molecular complexity index is 994. The van der Waals surface area contributed by atoms with Gasteiger partial charge in [-0.3, -0.25) is 14.5 Å². The van der Waals surface area contributed by atoms with Gasteiger partial charge < -0.3 is 10.4 Å². The highest BCUT2D eigenvalue weighted by molar-refractivity contribution is 9.11. The van der Waals surface area contributed by atoms with E-state index in [0.29, 0.717) is 37.9 Å². The number of ketones is 1. The predicted octanol–water partition coefficient (Wildman–Crippen LogP) is 4.60. The number of benzene rings is 2. The van der Waals surface area contributed by atoms with Crippen molar-refractivity contribution >= 4 is 72.6 Å². The average Bonchev–Trinajstić information content (AvgIpc) is 3.27. The third kappa shape index (κ3) is 3.91. The van der Waals surface area contributed by atoms with Crippen LogP contribution in [0.2, 0.25) is 0 Å². The molecule has 2 heterocycles. The zero-order chi connectivity index (χ0) is 19.8. The van der Waals surface area contributed by atoms with Gasteiger partial charge in [0.2, 0.25) is 0 Å². The van der Waals surface area contributed by atoms with Crippen LogP contribution in [0.15, 0.2) is 39.3 Å². The van der Waals surface area contributed by atoms with Gasteiger partial charge in [0.15, 0.2) is 5.78 Å². The standard InChI is InChI=1S/C20H16Br2N2O3S/c21-15-6-11(7-16(22)19(15)26)5-14-13-8-12(1-2-17(13)23-20(14)27)18(25)9-24-3-4-28-10-24/h1-2,5-8,26H,3-4,9-10H2,(H,23,27). The van der Waals surface area contributed by atoms with Crippen molar-refractivity contribution in [2.45, 2.75) is 0 Å². The van der Waals surface area contributed by atoms with Gasteiger partial charge in [-0.05, 0) is 73.8 Å². The fraction of sp³-hybridized carbons (Fsp3) is 0.200. The number of hydrogen-bond acceptors (Lipinski definition) is 5. The molecule has 2 aromatic carbocycles. The van der Waals surface area contributed by atoms with Crippen LogP contribution in [-0.4, -0.2) is 46.4 Å². The fourth-order valence-electron chi connectivity index (χ4n) is 3.21. The van der Waals surface area contributed by atoms with Crippen LogP contribution in [-0.2, 0) is 4.79 Å². The van der Waals surface area contributed by atoms with E-state index >= 15 is 0 Å². The molecule has 1 amide bonds. The van der Waals surface area contributed by atoms with Gasteiger partial charge >= 0.3 is 0 Å². The van der Waals surface area contributed by atoms with E-state index in [4.69, 9.17) is 0 Å². The highest BCUT2D eigenvalue weighted by Crippen LogP contribution is 2.37. The number of phenols is 1.